The summed E-state index contributed by atoms with van der Waals surface area (Å²) in [5, 5.41) is 10.1. The van der Waals surface area contributed by atoms with Crippen LogP contribution in [0, 0.1) is 20.8 Å². The van der Waals surface area contributed by atoms with Crippen molar-refractivity contribution in [2.24, 2.45) is 0 Å². The Hall–Kier alpha value is -2.80. The number of aryl methyl sites for hydroxylation is 3. The molecule has 34 heavy (non-hydrogen) atoms. The van der Waals surface area contributed by atoms with Crippen LogP contribution in [-0.4, -0.2) is 72.5 Å². The van der Waals surface area contributed by atoms with E-state index in [0.29, 0.717) is 13.2 Å². The van der Waals surface area contributed by atoms with Crippen molar-refractivity contribution in [2.75, 3.05) is 51.3 Å². The predicted molar refractivity (Wildman–Crippen MR) is 137 cm³/mol. The first-order valence-corrected chi connectivity index (χ1v) is 12.1. The molecule has 0 radical (unpaired) electrons. The van der Waals surface area contributed by atoms with E-state index in [0.717, 1.165) is 55.5 Å². The molecule has 2 heterocycles. The molecule has 2 aromatic carbocycles. The molecular formula is C28H36N4O2. The minimum absolute atomic E-state index is 0.367. The van der Waals surface area contributed by atoms with E-state index in [1.807, 2.05) is 18.2 Å². The Bertz CT molecular complexity index is 1100. The number of aromatic nitrogens is 2. The fraction of sp³-hybridized carbons (Fsp3) is 0.429. The van der Waals surface area contributed by atoms with Gasteiger partial charge in [0.05, 0.1) is 12.7 Å². The Labute approximate surface area is 203 Å². The van der Waals surface area contributed by atoms with Gasteiger partial charge in [0.25, 0.3) is 0 Å². The zero-order chi connectivity index (χ0) is 24.1. The highest BCUT2D eigenvalue weighted by Crippen LogP contribution is 2.29. The van der Waals surface area contributed by atoms with E-state index in [4.69, 9.17) is 14.7 Å². The molecule has 6 heteroatoms. The second kappa shape index (κ2) is 11.1. The highest BCUT2D eigenvalue weighted by Gasteiger charge is 2.24. The van der Waals surface area contributed by atoms with Crippen molar-refractivity contribution in [1.29, 1.82) is 0 Å². The van der Waals surface area contributed by atoms with E-state index in [1.54, 1.807) is 7.11 Å². The zero-order valence-electron chi connectivity index (χ0n) is 20.8. The number of hydrogen-bond acceptors (Lipinski definition) is 6. The molecule has 1 aromatic heterocycles. The molecule has 0 saturated carbocycles. The highest BCUT2D eigenvalue weighted by molar-refractivity contribution is 5.61. The maximum atomic E-state index is 10.1. The first-order chi connectivity index (χ1) is 16.4. The third-order valence-electron chi connectivity index (χ3n) is 6.60. The van der Waals surface area contributed by atoms with Crippen molar-refractivity contribution in [3.63, 3.8) is 0 Å². The molecule has 1 saturated heterocycles. The van der Waals surface area contributed by atoms with Gasteiger partial charge in [0, 0.05) is 63.1 Å². The molecule has 0 amide bonds. The van der Waals surface area contributed by atoms with E-state index in [2.05, 4.69) is 60.9 Å². The van der Waals surface area contributed by atoms with Crippen LogP contribution in [0.4, 0.5) is 5.82 Å². The van der Waals surface area contributed by atoms with Gasteiger partial charge in [-0.05, 0) is 31.9 Å². The lowest BCUT2D eigenvalue weighted by Gasteiger charge is -2.37. The number of benzene rings is 2. The molecule has 0 unspecified atom stereocenters. The summed E-state index contributed by atoms with van der Waals surface area (Å²) in [5.41, 5.74) is 7.14. The van der Waals surface area contributed by atoms with Crippen molar-refractivity contribution in [3.05, 3.63) is 76.5 Å². The van der Waals surface area contributed by atoms with E-state index >= 15 is 0 Å². The van der Waals surface area contributed by atoms with Gasteiger partial charge in [0.1, 0.15) is 5.82 Å². The summed E-state index contributed by atoms with van der Waals surface area (Å²) in [6, 6.07) is 16.9. The van der Waals surface area contributed by atoms with Crippen LogP contribution in [0.2, 0.25) is 0 Å². The number of aliphatic hydroxyl groups excluding tert-OH is 1. The van der Waals surface area contributed by atoms with Crippen LogP contribution in [0.15, 0.2) is 48.5 Å². The summed E-state index contributed by atoms with van der Waals surface area (Å²) in [7, 11) is 1.63. The van der Waals surface area contributed by atoms with Crippen LogP contribution in [0.1, 0.15) is 27.9 Å². The smallest absolute Gasteiger partial charge is 0.161 e. The number of ether oxygens (including phenoxy) is 1. The van der Waals surface area contributed by atoms with Gasteiger partial charge in [-0.25, -0.2) is 9.97 Å². The second-order valence-electron chi connectivity index (χ2n) is 9.30. The SMILES string of the molecule is COC[C@@H](O)CN1CCN(c2nc(-c3ccccc3)nc(C)c2Cc2cc(C)ccc2C)CC1. The second-order valence-corrected chi connectivity index (χ2v) is 9.30. The third kappa shape index (κ3) is 5.81. The Kier molecular flexibility index (Phi) is 7.93. The molecule has 0 bridgehead atoms. The number of aliphatic hydroxyl groups is 1. The van der Waals surface area contributed by atoms with Gasteiger partial charge in [0.2, 0.25) is 0 Å². The molecule has 0 spiro atoms. The summed E-state index contributed by atoms with van der Waals surface area (Å²) >= 11 is 0. The number of anilines is 1. The fourth-order valence-electron chi connectivity index (χ4n) is 4.63. The quantitative estimate of drug-likeness (QED) is 0.552. The minimum atomic E-state index is -0.456. The van der Waals surface area contributed by atoms with E-state index in [1.165, 1.54) is 22.3 Å². The number of β-amino-alcohol motifs (C(OH)–C–C–N with tert-alkyl or cyclic N) is 1. The summed E-state index contributed by atoms with van der Waals surface area (Å²) < 4.78 is 5.09. The fourth-order valence-corrected chi connectivity index (χ4v) is 4.63. The van der Waals surface area contributed by atoms with Crippen molar-refractivity contribution < 1.29 is 9.84 Å². The van der Waals surface area contributed by atoms with Crippen LogP contribution in [0.25, 0.3) is 11.4 Å². The Morgan fingerprint density at radius 3 is 2.41 bits per heavy atom. The maximum Gasteiger partial charge on any atom is 0.161 e. The highest BCUT2D eigenvalue weighted by atomic mass is 16.5. The summed E-state index contributed by atoms with van der Waals surface area (Å²) in [6.45, 7) is 10.9. The largest absolute Gasteiger partial charge is 0.389 e. The molecule has 1 aliphatic heterocycles. The average molecular weight is 461 g/mol. The van der Waals surface area contributed by atoms with Crippen molar-refractivity contribution >= 4 is 5.82 Å². The van der Waals surface area contributed by atoms with Gasteiger partial charge in [-0.1, -0.05) is 54.1 Å². The van der Waals surface area contributed by atoms with E-state index in [9.17, 15) is 5.11 Å². The normalized spacial score (nSPS) is 15.5. The van der Waals surface area contributed by atoms with Crippen LogP contribution in [0.5, 0.6) is 0 Å². The van der Waals surface area contributed by atoms with Crippen molar-refractivity contribution in [2.45, 2.75) is 33.3 Å². The number of nitrogens with zero attached hydrogens (tertiary/aromatic N) is 4. The Morgan fingerprint density at radius 2 is 1.71 bits per heavy atom. The van der Waals surface area contributed by atoms with Gasteiger partial charge in [-0.2, -0.15) is 0 Å². The number of rotatable bonds is 8. The zero-order valence-corrected chi connectivity index (χ0v) is 20.8. The van der Waals surface area contributed by atoms with Crippen LogP contribution >= 0.6 is 0 Å². The number of hydrogen-bond donors (Lipinski definition) is 1. The molecule has 180 valence electrons. The molecule has 3 aromatic rings. The molecule has 0 aliphatic carbocycles. The van der Waals surface area contributed by atoms with E-state index < -0.39 is 6.10 Å². The maximum absolute atomic E-state index is 10.1. The topological polar surface area (TPSA) is 61.7 Å². The molecule has 1 N–H and O–H groups in total. The first-order valence-electron chi connectivity index (χ1n) is 12.1. The standard InChI is InChI=1S/C28H36N4O2/c1-20-10-11-21(2)24(16-20)17-26-22(3)29-27(23-8-6-5-7-9-23)30-28(26)32-14-12-31(13-15-32)18-25(33)19-34-4/h5-11,16,25,33H,12-15,17-19H2,1-4H3/t25-/m0/s1. The van der Waals surface area contributed by atoms with Crippen molar-refractivity contribution in [1.82, 2.24) is 14.9 Å². The molecule has 4 rings (SSSR count). The van der Waals surface area contributed by atoms with Gasteiger partial charge in [-0.15, -0.1) is 0 Å². The molecule has 1 fully saturated rings. The lowest BCUT2D eigenvalue weighted by molar-refractivity contribution is 0.0365. The number of piperazine rings is 1. The first kappa shape index (κ1) is 24.3. The van der Waals surface area contributed by atoms with Crippen LogP contribution < -0.4 is 4.90 Å². The Balaban J connectivity index is 1.65. The summed E-state index contributed by atoms with van der Waals surface area (Å²) in [6.07, 6.45) is 0.360. The van der Waals surface area contributed by atoms with Crippen LogP contribution in [-0.2, 0) is 11.2 Å². The molecule has 6 nitrogen and oxygen atoms in total. The van der Waals surface area contributed by atoms with E-state index in [-0.39, 0.29) is 0 Å². The van der Waals surface area contributed by atoms with Gasteiger partial charge >= 0.3 is 0 Å². The summed E-state index contributed by atoms with van der Waals surface area (Å²) in [4.78, 5) is 14.7. The third-order valence-corrected chi connectivity index (χ3v) is 6.60. The van der Waals surface area contributed by atoms with Gasteiger partial charge in [0.15, 0.2) is 5.82 Å². The molecular weight excluding hydrogens is 424 g/mol. The van der Waals surface area contributed by atoms with Gasteiger partial charge in [-0.3, -0.25) is 4.90 Å². The van der Waals surface area contributed by atoms with Crippen LogP contribution in [0.3, 0.4) is 0 Å². The van der Waals surface area contributed by atoms with Crippen molar-refractivity contribution in [3.8, 4) is 11.4 Å². The Morgan fingerprint density at radius 1 is 0.971 bits per heavy atom. The minimum Gasteiger partial charge on any atom is -0.389 e. The number of methoxy groups -OCH3 is 1. The lowest BCUT2D eigenvalue weighted by Crippen LogP contribution is -2.49. The lowest BCUT2D eigenvalue weighted by atomic mass is 9.97. The molecule has 1 aliphatic rings. The molecule has 1 atom stereocenters. The average Bonchev–Trinajstić information content (AvgIpc) is 2.83. The monoisotopic (exact) mass is 460 g/mol. The summed E-state index contributed by atoms with van der Waals surface area (Å²) in [5.74, 6) is 1.81. The predicted octanol–water partition coefficient (Wildman–Crippen LogP) is 3.79. The van der Waals surface area contributed by atoms with Gasteiger partial charge < -0.3 is 14.7 Å².